The van der Waals surface area contributed by atoms with Gasteiger partial charge in [0.2, 0.25) is 0 Å². The van der Waals surface area contributed by atoms with Crippen LogP contribution in [0.15, 0.2) is 42.5 Å². The molecule has 0 spiro atoms. The van der Waals surface area contributed by atoms with Gasteiger partial charge in [-0.25, -0.2) is 0 Å². The lowest BCUT2D eigenvalue weighted by molar-refractivity contribution is -0.274. The van der Waals surface area contributed by atoms with E-state index in [0.717, 1.165) is 22.6 Å². The Morgan fingerprint density at radius 3 is 2.64 bits per heavy atom. The first-order valence-electron chi connectivity index (χ1n) is 6.74. The van der Waals surface area contributed by atoms with Gasteiger partial charge in [0.05, 0.1) is 13.2 Å². The summed E-state index contributed by atoms with van der Waals surface area (Å²) in [7, 11) is 1.59. The number of methoxy groups -OCH3 is 1. The second-order valence-corrected chi connectivity index (χ2v) is 5.01. The molecule has 1 N–H and O–H groups in total. The van der Waals surface area contributed by atoms with E-state index in [1.165, 1.54) is 12.1 Å². The zero-order valence-corrected chi connectivity index (χ0v) is 11.8. The van der Waals surface area contributed by atoms with Gasteiger partial charge < -0.3 is 14.8 Å². The molecule has 0 saturated heterocycles. The van der Waals surface area contributed by atoms with E-state index in [-0.39, 0.29) is 11.8 Å². The molecule has 0 radical (unpaired) electrons. The Morgan fingerprint density at radius 1 is 1.14 bits per heavy atom. The lowest BCUT2D eigenvalue weighted by Gasteiger charge is -2.15. The Kier molecular flexibility index (Phi) is 3.60. The van der Waals surface area contributed by atoms with Crippen molar-refractivity contribution in [3.05, 3.63) is 53.6 Å². The van der Waals surface area contributed by atoms with Crippen molar-refractivity contribution < 1.29 is 22.6 Å². The molecular formula is C16H14F3NO2. The molecule has 3 rings (SSSR count). The van der Waals surface area contributed by atoms with Crippen molar-refractivity contribution in [1.82, 2.24) is 0 Å². The number of ether oxygens (including phenoxy) is 2. The molecule has 116 valence electrons. The Bertz CT molecular complexity index is 685. The summed E-state index contributed by atoms with van der Waals surface area (Å²) in [5.74, 6) is 0.549. The number of alkyl halides is 3. The molecule has 0 saturated carbocycles. The van der Waals surface area contributed by atoms with Crippen LogP contribution in [0.3, 0.4) is 0 Å². The molecule has 1 atom stereocenters. The SMILES string of the molecule is COc1ccccc1C1Cc2cc(OC(F)(F)F)ccc2N1. The van der Waals surface area contributed by atoms with Crippen LogP contribution in [-0.2, 0) is 6.42 Å². The van der Waals surface area contributed by atoms with E-state index in [9.17, 15) is 13.2 Å². The van der Waals surface area contributed by atoms with E-state index >= 15 is 0 Å². The number of nitrogens with one attached hydrogen (secondary N) is 1. The summed E-state index contributed by atoms with van der Waals surface area (Å²) in [6.45, 7) is 0. The van der Waals surface area contributed by atoms with Crippen LogP contribution in [-0.4, -0.2) is 13.5 Å². The maximum Gasteiger partial charge on any atom is 0.573 e. The molecule has 1 unspecified atom stereocenters. The molecule has 1 aliphatic heterocycles. The van der Waals surface area contributed by atoms with Gasteiger partial charge in [0.25, 0.3) is 0 Å². The quantitative estimate of drug-likeness (QED) is 0.917. The summed E-state index contributed by atoms with van der Waals surface area (Å²) in [6, 6.07) is 11.9. The molecule has 0 aromatic heterocycles. The molecule has 2 aromatic rings. The van der Waals surface area contributed by atoms with Gasteiger partial charge in [0.1, 0.15) is 11.5 Å². The van der Waals surface area contributed by atoms with Crippen LogP contribution >= 0.6 is 0 Å². The van der Waals surface area contributed by atoms with E-state index in [0.29, 0.717) is 6.42 Å². The van der Waals surface area contributed by atoms with Gasteiger partial charge in [0.15, 0.2) is 0 Å². The standard InChI is InChI=1S/C16H14F3NO2/c1-21-15-5-3-2-4-12(15)14-9-10-8-11(22-16(17,18)19)6-7-13(10)20-14/h2-8,14,20H,9H2,1H3. The average molecular weight is 309 g/mol. The fourth-order valence-electron chi connectivity index (χ4n) is 2.68. The highest BCUT2D eigenvalue weighted by atomic mass is 19.4. The summed E-state index contributed by atoms with van der Waals surface area (Å²) in [4.78, 5) is 0. The van der Waals surface area contributed by atoms with Crippen LogP contribution in [0, 0.1) is 0 Å². The molecule has 2 aromatic carbocycles. The van der Waals surface area contributed by atoms with Crippen molar-refractivity contribution in [3.8, 4) is 11.5 Å². The molecule has 3 nitrogen and oxygen atoms in total. The third kappa shape index (κ3) is 2.95. The van der Waals surface area contributed by atoms with E-state index < -0.39 is 6.36 Å². The predicted molar refractivity (Wildman–Crippen MR) is 76.2 cm³/mol. The Hall–Kier alpha value is -2.37. The number of anilines is 1. The Balaban J connectivity index is 1.83. The molecule has 6 heteroatoms. The highest BCUT2D eigenvalue weighted by Crippen LogP contribution is 2.39. The fraction of sp³-hybridized carbons (Fsp3) is 0.250. The number of halogens is 3. The lowest BCUT2D eigenvalue weighted by Crippen LogP contribution is -2.17. The second-order valence-electron chi connectivity index (χ2n) is 5.01. The summed E-state index contributed by atoms with van der Waals surface area (Å²) >= 11 is 0. The van der Waals surface area contributed by atoms with E-state index in [4.69, 9.17) is 4.74 Å². The van der Waals surface area contributed by atoms with Crippen molar-refractivity contribution in [2.24, 2.45) is 0 Å². The molecule has 0 fully saturated rings. The number of hydrogen-bond acceptors (Lipinski definition) is 3. The van der Waals surface area contributed by atoms with Crippen molar-refractivity contribution in [2.45, 2.75) is 18.8 Å². The van der Waals surface area contributed by atoms with Crippen molar-refractivity contribution in [1.29, 1.82) is 0 Å². The zero-order chi connectivity index (χ0) is 15.7. The van der Waals surface area contributed by atoms with Crippen LogP contribution in [0.2, 0.25) is 0 Å². The smallest absolute Gasteiger partial charge is 0.496 e. The molecule has 22 heavy (non-hydrogen) atoms. The topological polar surface area (TPSA) is 30.5 Å². The number of hydrogen-bond donors (Lipinski definition) is 1. The number of fused-ring (bicyclic) bond motifs is 1. The normalized spacial score (nSPS) is 16.8. The van der Waals surface area contributed by atoms with Gasteiger partial charge >= 0.3 is 6.36 Å². The van der Waals surface area contributed by atoms with Crippen LogP contribution in [0.4, 0.5) is 18.9 Å². The largest absolute Gasteiger partial charge is 0.573 e. The average Bonchev–Trinajstić information content (AvgIpc) is 2.88. The summed E-state index contributed by atoms with van der Waals surface area (Å²) in [5.41, 5.74) is 2.57. The summed E-state index contributed by atoms with van der Waals surface area (Å²) in [6.07, 6.45) is -4.10. The molecular weight excluding hydrogens is 295 g/mol. The van der Waals surface area contributed by atoms with Crippen LogP contribution in [0.1, 0.15) is 17.2 Å². The first kappa shape index (κ1) is 14.6. The Morgan fingerprint density at radius 2 is 1.91 bits per heavy atom. The van der Waals surface area contributed by atoms with E-state index in [2.05, 4.69) is 10.1 Å². The minimum atomic E-state index is -4.68. The van der Waals surface area contributed by atoms with Gasteiger partial charge in [0, 0.05) is 11.3 Å². The maximum absolute atomic E-state index is 12.3. The Labute approximate surface area is 125 Å². The monoisotopic (exact) mass is 309 g/mol. The lowest BCUT2D eigenvalue weighted by atomic mass is 10.0. The summed E-state index contributed by atoms with van der Waals surface area (Å²) < 4.78 is 46.1. The first-order chi connectivity index (χ1) is 10.5. The molecule has 0 bridgehead atoms. The minimum absolute atomic E-state index is 0.0349. The minimum Gasteiger partial charge on any atom is -0.496 e. The van der Waals surface area contributed by atoms with Crippen LogP contribution < -0.4 is 14.8 Å². The number of para-hydroxylation sites is 1. The van der Waals surface area contributed by atoms with Gasteiger partial charge in [-0.3, -0.25) is 0 Å². The van der Waals surface area contributed by atoms with Gasteiger partial charge in [-0.1, -0.05) is 18.2 Å². The highest BCUT2D eigenvalue weighted by Gasteiger charge is 2.32. The zero-order valence-electron chi connectivity index (χ0n) is 11.8. The van der Waals surface area contributed by atoms with Crippen LogP contribution in [0.5, 0.6) is 11.5 Å². The van der Waals surface area contributed by atoms with Crippen LogP contribution in [0.25, 0.3) is 0 Å². The van der Waals surface area contributed by atoms with Crippen molar-refractivity contribution >= 4 is 5.69 Å². The second kappa shape index (κ2) is 5.44. The molecule has 0 aliphatic carbocycles. The molecule has 1 aliphatic rings. The first-order valence-corrected chi connectivity index (χ1v) is 6.74. The maximum atomic E-state index is 12.3. The molecule has 0 amide bonds. The number of benzene rings is 2. The predicted octanol–water partition coefficient (Wildman–Crippen LogP) is 4.30. The van der Waals surface area contributed by atoms with E-state index in [1.54, 1.807) is 13.2 Å². The highest BCUT2D eigenvalue weighted by molar-refractivity contribution is 5.61. The fourth-order valence-corrected chi connectivity index (χ4v) is 2.68. The van der Waals surface area contributed by atoms with Crippen molar-refractivity contribution in [3.63, 3.8) is 0 Å². The summed E-state index contributed by atoms with van der Waals surface area (Å²) in [5, 5.41) is 3.30. The number of rotatable bonds is 3. The van der Waals surface area contributed by atoms with Gasteiger partial charge in [-0.05, 0) is 36.2 Å². The van der Waals surface area contributed by atoms with Crippen molar-refractivity contribution in [2.75, 3.05) is 12.4 Å². The van der Waals surface area contributed by atoms with Gasteiger partial charge in [-0.2, -0.15) is 0 Å². The third-order valence-corrected chi connectivity index (χ3v) is 3.58. The van der Waals surface area contributed by atoms with E-state index in [1.807, 2.05) is 24.3 Å². The van der Waals surface area contributed by atoms with Gasteiger partial charge in [-0.15, -0.1) is 13.2 Å². The third-order valence-electron chi connectivity index (χ3n) is 3.58. The molecule has 1 heterocycles.